The van der Waals surface area contributed by atoms with Gasteiger partial charge in [-0.2, -0.15) is 9.97 Å². The number of halogens is 8. The van der Waals surface area contributed by atoms with Crippen LogP contribution in [0.1, 0.15) is 62.9 Å². The van der Waals surface area contributed by atoms with Gasteiger partial charge < -0.3 is 33.2 Å². The van der Waals surface area contributed by atoms with E-state index in [1.54, 1.807) is 0 Å². The summed E-state index contributed by atoms with van der Waals surface area (Å²) >= 11 is 49.9. The molecule has 0 saturated carbocycles. The summed E-state index contributed by atoms with van der Waals surface area (Å²) in [6.07, 6.45) is 2.39. The van der Waals surface area contributed by atoms with Gasteiger partial charge in [-0.15, -0.1) is 0 Å². The average molecular weight is 1030 g/mol. The Morgan fingerprint density at radius 2 is 0.968 bits per heavy atom. The molecule has 0 bridgehead atoms. The Hall–Kier alpha value is -3.90. The van der Waals surface area contributed by atoms with E-state index < -0.39 is 22.1 Å². The minimum absolute atomic E-state index is 0.0127. The van der Waals surface area contributed by atoms with E-state index in [-0.39, 0.29) is 116 Å². The van der Waals surface area contributed by atoms with Gasteiger partial charge in [0.1, 0.15) is 45.9 Å². The third kappa shape index (κ3) is 16.2. The molecule has 23 heteroatoms. The summed E-state index contributed by atoms with van der Waals surface area (Å²) in [5.41, 5.74) is -0.0127. The SMILES string of the molecule is CCCOc1nc(OC(CCOCCC(Oc2ccc([N+](=O)[O-])c(OCCC)n2)c2c(Cl)cc(OCC=C(Cl)Cl)cc2Cl)c2c(Cl)cc(OCC=C(Cl)Cl)cc2Cl)ccc1[N+](=O)[O-]. The lowest BCUT2D eigenvalue weighted by atomic mass is 10.1. The minimum atomic E-state index is -0.929. The van der Waals surface area contributed by atoms with E-state index in [1.807, 2.05) is 13.8 Å². The van der Waals surface area contributed by atoms with Gasteiger partial charge in [0, 0.05) is 48.2 Å². The van der Waals surface area contributed by atoms with E-state index >= 15 is 0 Å². The highest BCUT2D eigenvalue weighted by molar-refractivity contribution is 6.56. The van der Waals surface area contributed by atoms with Crippen molar-refractivity contribution in [3.05, 3.63) is 121 Å². The fourth-order valence-electron chi connectivity index (χ4n) is 5.46. The number of hydrogen-bond acceptors (Lipinski definition) is 13. The molecule has 0 saturated heterocycles. The summed E-state index contributed by atoms with van der Waals surface area (Å²) < 4.78 is 41.2. The molecule has 2 aromatic carbocycles. The highest BCUT2D eigenvalue weighted by Gasteiger charge is 2.27. The van der Waals surface area contributed by atoms with Crippen LogP contribution in [-0.4, -0.2) is 59.5 Å². The van der Waals surface area contributed by atoms with Crippen LogP contribution in [0, 0.1) is 20.2 Å². The molecule has 0 aliphatic rings. The van der Waals surface area contributed by atoms with Crippen LogP contribution < -0.4 is 28.4 Å². The second-order valence-electron chi connectivity index (χ2n) is 12.8. The van der Waals surface area contributed by atoms with Gasteiger partial charge in [-0.1, -0.05) is 107 Å². The molecule has 2 heterocycles. The molecule has 0 radical (unpaired) electrons. The molecule has 2 atom stereocenters. The van der Waals surface area contributed by atoms with Crippen molar-refractivity contribution in [1.82, 2.24) is 9.97 Å². The molecule has 0 spiro atoms. The van der Waals surface area contributed by atoms with E-state index in [0.717, 1.165) is 0 Å². The maximum Gasteiger partial charge on any atom is 0.331 e. The van der Waals surface area contributed by atoms with Gasteiger partial charge in [0.2, 0.25) is 11.8 Å². The van der Waals surface area contributed by atoms with Gasteiger partial charge in [0.25, 0.3) is 11.8 Å². The van der Waals surface area contributed by atoms with Gasteiger partial charge in [-0.05, 0) is 49.3 Å². The first-order valence-electron chi connectivity index (χ1n) is 18.8. The van der Waals surface area contributed by atoms with Crippen molar-refractivity contribution in [2.75, 3.05) is 39.6 Å². The van der Waals surface area contributed by atoms with Crippen LogP contribution in [0.3, 0.4) is 0 Å². The van der Waals surface area contributed by atoms with Crippen molar-refractivity contribution in [2.45, 2.75) is 51.7 Å². The summed E-state index contributed by atoms with van der Waals surface area (Å²) in [4.78, 5) is 30.7. The molecule has 2 unspecified atom stereocenters. The second-order valence-corrected chi connectivity index (χ2v) is 16.4. The summed E-state index contributed by atoms with van der Waals surface area (Å²) in [6, 6.07) is 11.2. The lowest BCUT2D eigenvalue weighted by Gasteiger charge is -2.23. The molecule has 0 aliphatic carbocycles. The number of hydrogen-bond donors (Lipinski definition) is 0. The molecule has 0 amide bonds. The molecule has 340 valence electrons. The zero-order valence-corrected chi connectivity index (χ0v) is 39.4. The van der Waals surface area contributed by atoms with Crippen LogP contribution in [0.2, 0.25) is 20.1 Å². The highest BCUT2D eigenvalue weighted by Crippen LogP contribution is 2.41. The summed E-state index contributed by atoms with van der Waals surface area (Å²) in [5.74, 6) is 0.125. The zero-order chi connectivity index (χ0) is 46.1. The average Bonchev–Trinajstić information content (AvgIpc) is 3.21. The first kappa shape index (κ1) is 51.7. The quantitative estimate of drug-likeness (QED) is 0.0330. The first-order chi connectivity index (χ1) is 30.1. The minimum Gasteiger partial charge on any atom is -0.489 e. The third-order valence-corrected chi connectivity index (χ3v) is 10.1. The Bertz CT molecular complexity index is 2060. The van der Waals surface area contributed by atoms with Gasteiger partial charge in [-0.25, -0.2) is 0 Å². The molecule has 0 N–H and O–H groups in total. The summed E-state index contributed by atoms with van der Waals surface area (Å²) in [5, 5.41) is 24.1. The predicted octanol–water partition coefficient (Wildman–Crippen LogP) is 13.6. The lowest BCUT2D eigenvalue weighted by molar-refractivity contribution is -0.386. The summed E-state index contributed by atoms with van der Waals surface area (Å²) in [7, 11) is 0. The molecule has 63 heavy (non-hydrogen) atoms. The molecule has 2 aromatic heterocycles. The van der Waals surface area contributed by atoms with Gasteiger partial charge in [0.05, 0.1) is 56.4 Å². The van der Waals surface area contributed by atoms with Gasteiger partial charge >= 0.3 is 11.4 Å². The molecule has 0 aliphatic heterocycles. The lowest BCUT2D eigenvalue weighted by Crippen LogP contribution is -2.16. The smallest absolute Gasteiger partial charge is 0.331 e. The number of pyridine rings is 2. The van der Waals surface area contributed by atoms with Crippen LogP contribution in [0.5, 0.6) is 35.0 Å². The monoisotopic (exact) mass is 1030 g/mol. The normalized spacial score (nSPS) is 11.8. The number of aromatic nitrogens is 2. The van der Waals surface area contributed by atoms with Crippen molar-refractivity contribution in [3.63, 3.8) is 0 Å². The van der Waals surface area contributed by atoms with E-state index in [0.29, 0.717) is 35.5 Å². The Kier molecular flexibility index (Phi) is 21.5. The highest BCUT2D eigenvalue weighted by atomic mass is 35.5. The Morgan fingerprint density at radius 3 is 1.29 bits per heavy atom. The van der Waals surface area contributed by atoms with E-state index in [1.165, 1.54) is 60.7 Å². The van der Waals surface area contributed by atoms with Gasteiger partial charge in [-0.3, -0.25) is 20.2 Å². The Morgan fingerprint density at radius 1 is 0.603 bits per heavy atom. The van der Waals surface area contributed by atoms with Crippen molar-refractivity contribution in [1.29, 1.82) is 0 Å². The fourth-order valence-corrected chi connectivity index (χ4v) is 7.13. The van der Waals surface area contributed by atoms with Crippen LogP contribution >= 0.6 is 92.8 Å². The molecular weight excluding hydrogens is 996 g/mol. The van der Waals surface area contributed by atoms with Crippen LogP contribution in [0.15, 0.2) is 69.7 Å². The topological polar surface area (TPSA) is 177 Å². The van der Waals surface area contributed by atoms with Crippen molar-refractivity contribution < 1.29 is 43.0 Å². The van der Waals surface area contributed by atoms with Gasteiger partial charge in [0.15, 0.2) is 0 Å². The van der Waals surface area contributed by atoms with Crippen LogP contribution in [-0.2, 0) is 4.74 Å². The molecule has 15 nitrogen and oxygen atoms in total. The number of rotatable bonds is 26. The van der Waals surface area contributed by atoms with Crippen molar-refractivity contribution in [2.24, 2.45) is 0 Å². The number of nitrogens with zero attached hydrogens (tertiary/aromatic N) is 4. The predicted molar refractivity (Wildman–Crippen MR) is 244 cm³/mol. The molecule has 0 fully saturated rings. The first-order valence-corrected chi connectivity index (χ1v) is 21.9. The number of benzene rings is 2. The zero-order valence-electron chi connectivity index (χ0n) is 33.3. The number of nitro groups is 2. The summed E-state index contributed by atoms with van der Waals surface area (Å²) in [6.45, 7) is 4.16. The third-order valence-electron chi connectivity index (χ3n) is 8.21. The Labute approximate surface area is 402 Å². The molecule has 4 rings (SSSR count). The fraction of sp³-hybridized carbons (Fsp3) is 0.350. The van der Waals surface area contributed by atoms with Crippen LogP contribution in [0.4, 0.5) is 11.4 Å². The maximum atomic E-state index is 11.7. The van der Waals surface area contributed by atoms with Crippen molar-refractivity contribution in [3.8, 4) is 35.0 Å². The van der Waals surface area contributed by atoms with Crippen molar-refractivity contribution >= 4 is 104 Å². The van der Waals surface area contributed by atoms with E-state index in [2.05, 4.69) is 9.97 Å². The number of ether oxygens (including phenoxy) is 7. The van der Waals surface area contributed by atoms with Crippen LogP contribution in [0.25, 0.3) is 0 Å². The van der Waals surface area contributed by atoms with E-state index in [9.17, 15) is 20.2 Å². The standard InChI is InChI=1S/C40H38Cl8N4O11/c1-3-13-60-39-29(51(53)54)5-7-35(49-39)62-31(37-25(41)19-23(20-26(37)42)58-17-11-33(45)46)9-15-57-16-10-32(38-27(43)21-24(22-28(38)44)59-18-12-34(47)48)63-36-8-6-30(52(55)56)40(50-36)61-14-4-2/h5-8,11-12,19-22,31-32H,3-4,9-10,13-18H2,1-2H3. The second kappa shape index (κ2) is 26.2. The Balaban J connectivity index is 1.62. The largest absolute Gasteiger partial charge is 0.489 e. The molecule has 4 aromatic rings. The maximum absolute atomic E-state index is 11.7. The molecular formula is C40H38Cl8N4O11. The van der Waals surface area contributed by atoms with E-state index in [4.69, 9.17) is 126 Å².